The van der Waals surface area contributed by atoms with Gasteiger partial charge in [-0.05, 0) is 85.1 Å². The summed E-state index contributed by atoms with van der Waals surface area (Å²) >= 11 is 0. The highest BCUT2D eigenvalue weighted by atomic mass is 16.6. The van der Waals surface area contributed by atoms with Gasteiger partial charge in [-0.25, -0.2) is 4.79 Å². The van der Waals surface area contributed by atoms with Gasteiger partial charge in [0, 0.05) is 12.1 Å². The number of carbonyl (C=O) groups is 1. The van der Waals surface area contributed by atoms with Crippen molar-refractivity contribution >= 4 is 6.09 Å². The fraction of sp³-hybridized carbons (Fsp3) is 0.842. The summed E-state index contributed by atoms with van der Waals surface area (Å²) in [7, 11) is 0. The number of hydrogen-bond donors (Lipinski definition) is 2. The van der Waals surface area contributed by atoms with Crippen LogP contribution in [-0.2, 0) is 4.74 Å². The summed E-state index contributed by atoms with van der Waals surface area (Å²) in [6, 6.07) is 0.762. The molecular formula is C19H34N2O2. The summed E-state index contributed by atoms with van der Waals surface area (Å²) in [5.74, 6) is 0. The van der Waals surface area contributed by atoms with E-state index in [0.29, 0.717) is 6.04 Å². The molecule has 2 unspecified atom stereocenters. The molecule has 4 nitrogen and oxygen atoms in total. The van der Waals surface area contributed by atoms with E-state index in [1.54, 1.807) is 5.57 Å². The summed E-state index contributed by atoms with van der Waals surface area (Å²) in [5, 5.41) is 6.72. The number of nitrogens with one attached hydrogen (secondary N) is 2. The van der Waals surface area contributed by atoms with Crippen LogP contribution in [0.15, 0.2) is 11.6 Å². The van der Waals surface area contributed by atoms with Crippen LogP contribution in [0, 0.1) is 0 Å². The molecule has 1 fully saturated rings. The molecule has 2 rings (SSSR count). The Morgan fingerprint density at radius 1 is 1.22 bits per heavy atom. The molecule has 1 saturated carbocycles. The molecule has 0 bridgehead atoms. The summed E-state index contributed by atoms with van der Waals surface area (Å²) in [4.78, 5) is 11.9. The standard InChI is InChI=1S/C19H34N2O2/c1-19(2,3)23-18(22)21-17-11-7-10-16(14-17)20-13-12-15-8-5-4-6-9-15/h8,16-17,20H,4-7,9-14H2,1-3H3,(H,21,22). The monoisotopic (exact) mass is 322 g/mol. The first-order valence-corrected chi connectivity index (χ1v) is 9.33. The van der Waals surface area contributed by atoms with Gasteiger partial charge in [-0.2, -0.15) is 0 Å². The first kappa shape index (κ1) is 18.3. The first-order chi connectivity index (χ1) is 10.9. The summed E-state index contributed by atoms with van der Waals surface area (Å²) in [6.45, 7) is 6.77. The highest BCUT2D eigenvalue weighted by molar-refractivity contribution is 5.68. The van der Waals surface area contributed by atoms with Gasteiger partial charge in [-0.3, -0.25) is 0 Å². The van der Waals surface area contributed by atoms with Crippen molar-refractivity contribution in [1.82, 2.24) is 10.6 Å². The second-order valence-corrected chi connectivity index (χ2v) is 8.02. The van der Waals surface area contributed by atoms with Gasteiger partial charge in [0.15, 0.2) is 0 Å². The van der Waals surface area contributed by atoms with Crippen molar-refractivity contribution in [3.8, 4) is 0 Å². The fourth-order valence-electron chi connectivity index (χ4n) is 3.55. The van der Waals surface area contributed by atoms with Crippen LogP contribution in [0.5, 0.6) is 0 Å². The molecule has 23 heavy (non-hydrogen) atoms. The lowest BCUT2D eigenvalue weighted by Crippen LogP contribution is -2.45. The predicted molar refractivity (Wildman–Crippen MR) is 94.6 cm³/mol. The Hall–Kier alpha value is -1.03. The van der Waals surface area contributed by atoms with E-state index in [1.807, 2.05) is 20.8 Å². The van der Waals surface area contributed by atoms with E-state index in [9.17, 15) is 4.79 Å². The molecule has 0 aromatic rings. The van der Waals surface area contributed by atoms with E-state index in [-0.39, 0.29) is 12.1 Å². The van der Waals surface area contributed by atoms with Gasteiger partial charge >= 0.3 is 6.09 Å². The predicted octanol–water partition coefficient (Wildman–Crippen LogP) is 4.30. The highest BCUT2D eigenvalue weighted by Crippen LogP contribution is 2.21. The van der Waals surface area contributed by atoms with E-state index in [0.717, 1.165) is 19.4 Å². The quantitative estimate of drug-likeness (QED) is 0.742. The fourth-order valence-corrected chi connectivity index (χ4v) is 3.55. The van der Waals surface area contributed by atoms with Gasteiger partial charge in [-0.1, -0.05) is 11.6 Å². The lowest BCUT2D eigenvalue weighted by molar-refractivity contribution is 0.0489. The SMILES string of the molecule is CC(C)(C)OC(=O)NC1CCCC(NCCC2=CCCCC2)C1. The lowest BCUT2D eigenvalue weighted by atomic mass is 9.90. The number of carbonyl (C=O) groups excluding carboxylic acids is 1. The molecule has 0 heterocycles. The Balaban J connectivity index is 1.66. The van der Waals surface area contributed by atoms with Gasteiger partial charge in [0.25, 0.3) is 0 Å². The van der Waals surface area contributed by atoms with Crippen LogP contribution in [0.1, 0.15) is 78.6 Å². The molecule has 0 spiro atoms. The van der Waals surface area contributed by atoms with Crippen LogP contribution >= 0.6 is 0 Å². The highest BCUT2D eigenvalue weighted by Gasteiger charge is 2.25. The average Bonchev–Trinajstić information content (AvgIpc) is 2.46. The van der Waals surface area contributed by atoms with Gasteiger partial charge < -0.3 is 15.4 Å². The minimum absolute atomic E-state index is 0.241. The Morgan fingerprint density at radius 3 is 2.70 bits per heavy atom. The molecule has 132 valence electrons. The molecule has 0 aromatic heterocycles. The van der Waals surface area contributed by atoms with E-state index < -0.39 is 5.60 Å². The van der Waals surface area contributed by atoms with Crippen LogP contribution in [0.3, 0.4) is 0 Å². The Morgan fingerprint density at radius 2 is 2.00 bits per heavy atom. The minimum Gasteiger partial charge on any atom is -0.444 e. The number of amides is 1. The van der Waals surface area contributed by atoms with Crippen LogP contribution in [0.2, 0.25) is 0 Å². The van der Waals surface area contributed by atoms with E-state index in [2.05, 4.69) is 16.7 Å². The van der Waals surface area contributed by atoms with Crippen molar-refractivity contribution in [2.75, 3.05) is 6.54 Å². The molecule has 0 radical (unpaired) electrons. The normalized spacial score (nSPS) is 25.6. The second-order valence-electron chi connectivity index (χ2n) is 8.02. The molecule has 0 saturated heterocycles. The summed E-state index contributed by atoms with van der Waals surface area (Å²) in [6.07, 6.45) is 13.0. The van der Waals surface area contributed by atoms with Gasteiger partial charge in [-0.15, -0.1) is 0 Å². The van der Waals surface area contributed by atoms with Crippen molar-refractivity contribution in [3.05, 3.63) is 11.6 Å². The van der Waals surface area contributed by atoms with Gasteiger partial charge in [0.05, 0.1) is 0 Å². The van der Waals surface area contributed by atoms with Crippen molar-refractivity contribution in [2.45, 2.75) is 96.2 Å². The molecule has 2 aliphatic carbocycles. The van der Waals surface area contributed by atoms with Crippen molar-refractivity contribution < 1.29 is 9.53 Å². The first-order valence-electron chi connectivity index (χ1n) is 9.33. The van der Waals surface area contributed by atoms with Crippen molar-refractivity contribution in [2.24, 2.45) is 0 Å². The number of alkyl carbamates (subject to hydrolysis) is 1. The maximum atomic E-state index is 11.9. The molecule has 0 aromatic carbocycles. The van der Waals surface area contributed by atoms with Crippen LogP contribution in [0.4, 0.5) is 4.79 Å². The van der Waals surface area contributed by atoms with Crippen LogP contribution < -0.4 is 10.6 Å². The zero-order valence-corrected chi connectivity index (χ0v) is 15.1. The molecule has 0 aliphatic heterocycles. The lowest BCUT2D eigenvalue weighted by Gasteiger charge is -2.31. The van der Waals surface area contributed by atoms with Gasteiger partial charge in [0.2, 0.25) is 0 Å². The molecule has 2 aliphatic rings. The summed E-state index contributed by atoms with van der Waals surface area (Å²) < 4.78 is 5.36. The zero-order valence-electron chi connectivity index (χ0n) is 15.1. The summed E-state index contributed by atoms with van der Waals surface area (Å²) in [5.41, 5.74) is 1.20. The molecular weight excluding hydrogens is 288 g/mol. The molecule has 2 N–H and O–H groups in total. The minimum atomic E-state index is -0.426. The number of ether oxygens (including phenoxy) is 1. The number of hydrogen-bond acceptors (Lipinski definition) is 3. The zero-order chi connectivity index (χ0) is 16.7. The van der Waals surface area contributed by atoms with Gasteiger partial charge in [0.1, 0.15) is 5.60 Å². The second kappa shape index (κ2) is 8.72. The maximum absolute atomic E-state index is 11.9. The molecule has 4 heteroatoms. The topological polar surface area (TPSA) is 50.4 Å². The number of allylic oxidation sites excluding steroid dienone is 1. The number of rotatable bonds is 5. The Bertz CT molecular complexity index is 412. The van der Waals surface area contributed by atoms with E-state index in [4.69, 9.17) is 4.74 Å². The largest absolute Gasteiger partial charge is 0.444 e. The Labute approximate surface area is 141 Å². The van der Waals surface area contributed by atoms with E-state index in [1.165, 1.54) is 44.9 Å². The van der Waals surface area contributed by atoms with Crippen LogP contribution in [0.25, 0.3) is 0 Å². The molecule has 1 amide bonds. The maximum Gasteiger partial charge on any atom is 0.407 e. The van der Waals surface area contributed by atoms with E-state index >= 15 is 0 Å². The Kier molecular flexibility index (Phi) is 6.94. The van der Waals surface area contributed by atoms with Crippen molar-refractivity contribution in [3.63, 3.8) is 0 Å². The smallest absolute Gasteiger partial charge is 0.407 e. The van der Waals surface area contributed by atoms with Crippen LogP contribution in [-0.4, -0.2) is 30.3 Å². The third kappa shape index (κ3) is 7.38. The third-order valence-electron chi connectivity index (χ3n) is 4.66. The van der Waals surface area contributed by atoms with Crippen molar-refractivity contribution in [1.29, 1.82) is 0 Å². The third-order valence-corrected chi connectivity index (χ3v) is 4.66. The average molecular weight is 322 g/mol. The molecule has 2 atom stereocenters.